The number of amides is 2. The van der Waals surface area contributed by atoms with Gasteiger partial charge in [-0.05, 0) is 25.2 Å². The lowest BCUT2D eigenvalue weighted by Gasteiger charge is -2.21. The Morgan fingerprint density at radius 2 is 1.79 bits per heavy atom. The van der Waals surface area contributed by atoms with Gasteiger partial charge in [0, 0.05) is 20.0 Å². The maximum absolute atomic E-state index is 12.9. The maximum atomic E-state index is 12.9. The van der Waals surface area contributed by atoms with Crippen molar-refractivity contribution in [2.45, 2.75) is 70.1 Å². The van der Waals surface area contributed by atoms with Gasteiger partial charge in [0.2, 0.25) is 17.6 Å². The molecule has 0 bridgehead atoms. The van der Waals surface area contributed by atoms with Crippen molar-refractivity contribution < 1.29 is 18.8 Å². The monoisotopic (exact) mass is 424 g/mol. The van der Waals surface area contributed by atoms with Crippen LogP contribution in [0.1, 0.15) is 69.5 Å². The lowest BCUT2D eigenvalue weighted by atomic mass is 9.96. The van der Waals surface area contributed by atoms with Crippen LogP contribution in [-0.2, 0) is 9.59 Å². The third-order valence-corrected chi connectivity index (χ3v) is 5.80. The summed E-state index contributed by atoms with van der Waals surface area (Å²) in [4.78, 5) is 38.8. The summed E-state index contributed by atoms with van der Waals surface area (Å²) in [5, 5.41) is 10.8. The highest BCUT2D eigenvalue weighted by molar-refractivity contribution is 7.99. The van der Waals surface area contributed by atoms with Crippen molar-refractivity contribution in [2.24, 2.45) is 11.8 Å². The minimum absolute atomic E-state index is 0.0363. The van der Waals surface area contributed by atoms with Crippen LogP contribution >= 0.6 is 11.8 Å². The highest BCUT2D eigenvalue weighted by Gasteiger charge is 2.30. The second kappa shape index (κ2) is 11.3. The lowest BCUT2D eigenvalue weighted by Crippen LogP contribution is -2.44. The molecule has 1 saturated carbocycles. The molecular formula is C20H32N4O4S. The van der Waals surface area contributed by atoms with Gasteiger partial charge in [-0.1, -0.05) is 51.3 Å². The van der Waals surface area contributed by atoms with Crippen LogP contribution in [-0.4, -0.2) is 58.6 Å². The summed E-state index contributed by atoms with van der Waals surface area (Å²) >= 11 is 1.09. The molecular weight excluding hydrogens is 392 g/mol. The van der Waals surface area contributed by atoms with E-state index >= 15 is 0 Å². The first-order valence-electron chi connectivity index (χ1n) is 10.3. The van der Waals surface area contributed by atoms with Gasteiger partial charge in [-0.3, -0.25) is 14.4 Å². The molecule has 1 heterocycles. The van der Waals surface area contributed by atoms with Crippen LogP contribution in [0, 0.1) is 11.8 Å². The van der Waals surface area contributed by atoms with E-state index in [1.54, 1.807) is 14.1 Å². The third kappa shape index (κ3) is 7.45. The zero-order valence-corrected chi connectivity index (χ0v) is 18.6. The Morgan fingerprint density at radius 3 is 2.38 bits per heavy atom. The standard InChI is InChI=1S/C20H32N4O4S/c1-13(2)11-15(21-18(27)14-9-7-5-6-8-10-14)17(26)19-22-23-20(28-19)29-12-16(25)24(3)4/h13-15H,5-12H2,1-4H3,(H,21,27)/t15-/m0/s1. The highest BCUT2D eigenvalue weighted by Crippen LogP contribution is 2.24. The number of hydrogen-bond donors (Lipinski definition) is 1. The fraction of sp³-hybridized carbons (Fsp3) is 0.750. The largest absolute Gasteiger partial charge is 0.408 e. The molecule has 9 heteroatoms. The molecule has 1 aromatic rings. The van der Waals surface area contributed by atoms with E-state index in [4.69, 9.17) is 4.42 Å². The number of aromatic nitrogens is 2. The highest BCUT2D eigenvalue weighted by atomic mass is 32.2. The number of Topliss-reactive ketones (excluding diaryl/α,β-unsaturated/α-hetero) is 1. The van der Waals surface area contributed by atoms with Gasteiger partial charge in [0.25, 0.3) is 11.1 Å². The predicted molar refractivity (Wildman–Crippen MR) is 111 cm³/mol. The Labute approximate surface area is 176 Å². The Hall–Kier alpha value is -1.90. The fourth-order valence-electron chi connectivity index (χ4n) is 3.30. The van der Waals surface area contributed by atoms with Crippen molar-refractivity contribution in [3.05, 3.63) is 5.89 Å². The zero-order chi connectivity index (χ0) is 21.4. The molecule has 162 valence electrons. The molecule has 0 radical (unpaired) electrons. The Kier molecular flexibility index (Phi) is 9.13. The van der Waals surface area contributed by atoms with E-state index in [2.05, 4.69) is 15.5 Å². The molecule has 1 aliphatic carbocycles. The SMILES string of the molecule is CC(C)C[C@H](NC(=O)C1CCCCCC1)C(=O)c1nnc(SCC(=O)N(C)C)o1. The molecule has 29 heavy (non-hydrogen) atoms. The van der Waals surface area contributed by atoms with E-state index in [9.17, 15) is 14.4 Å². The normalized spacial score (nSPS) is 16.3. The van der Waals surface area contributed by atoms with Gasteiger partial charge in [0.15, 0.2) is 0 Å². The smallest absolute Gasteiger partial charge is 0.286 e. The second-order valence-electron chi connectivity index (χ2n) is 8.19. The molecule has 0 aliphatic heterocycles. The number of nitrogens with zero attached hydrogens (tertiary/aromatic N) is 3. The topological polar surface area (TPSA) is 105 Å². The van der Waals surface area contributed by atoms with E-state index in [-0.39, 0.29) is 46.3 Å². The van der Waals surface area contributed by atoms with Crippen LogP contribution in [0.25, 0.3) is 0 Å². The molecule has 1 atom stereocenters. The van der Waals surface area contributed by atoms with E-state index < -0.39 is 6.04 Å². The molecule has 0 unspecified atom stereocenters. The molecule has 1 aliphatic rings. The Morgan fingerprint density at radius 1 is 1.14 bits per heavy atom. The first-order valence-corrected chi connectivity index (χ1v) is 11.3. The number of nitrogens with one attached hydrogen (secondary N) is 1. The maximum Gasteiger partial charge on any atom is 0.286 e. The molecule has 0 saturated heterocycles. The van der Waals surface area contributed by atoms with Gasteiger partial charge in [-0.25, -0.2) is 0 Å². The Balaban J connectivity index is 2.02. The first-order chi connectivity index (χ1) is 13.8. The van der Waals surface area contributed by atoms with Crippen molar-refractivity contribution in [3.8, 4) is 0 Å². The zero-order valence-electron chi connectivity index (χ0n) is 17.8. The number of rotatable bonds is 9. The average molecular weight is 425 g/mol. The van der Waals surface area contributed by atoms with Crippen LogP contribution in [0.2, 0.25) is 0 Å². The van der Waals surface area contributed by atoms with Gasteiger partial charge in [0.05, 0.1) is 11.8 Å². The summed E-state index contributed by atoms with van der Waals surface area (Å²) in [5.41, 5.74) is 0. The van der Waals surface area contributed by atoms with Gasteiger partial charge >= 0.3 is 0 Å². The van der Waals surface area contributed by atoms with Crippen LogP contribution < -0.4 is 5.32 Å². The molecule has 8 nitrogen and oxygen atoms in total. The third-order valence-electron chi connectivity index (χ3n) is 5.00. The summed E-state index contributed by atoms with van der Waals surface area (Å²) in [6.07, 6.45) is 6.67. The van der Waals surface area contributed by atoms with E-state index in [1.165, 1.54) is 4.90 Å². The number of hydrogen-bond acceptors (Lipinski definition) is 7. The quantitative estimate of drug-likeness (QED) is 0.369. The predicted octanol–water partition coefficient (Wildman–Crippen LogP) is 2.93. The van der Waals surface area contributed by atoms with Gasteiger partial charge in [-0.15, -0.1) is 10.2 Å². The average Bonchev–Trinajstić information content (AvgIpc) is 2.97. The number of ketones is 1. The fourth-order valence-corrected chi connectivity index (χ4v) is 4.04. The summed E-state index contributed by atoms with van der Waals surface area (Å²) < 4.78 is 5.45. The molecule has 2 rings (SSSR count). The first kappa shape index (κ1) is 23.4. The summed E-state index contributed by atoms with van der Waals surface area (Å²) in [7, 11) is 3.33. The molecule has 2 amide bonds. The minimum atomic E-state index is -0.688. The van der Waals surface area contributed by atoms with Crippen molar-refractivity contribution in [1.82, 2.24) is 20.4 Å². The lowest BCUT2D eigenvalue weighted by molar-refractivity contribution is -0.126. The van der Waals surface area contributed by atoms with Crippen LogP contribution in [0.4, 0.5) is 0 Å². The molecule has 1 N–H and O–H groups in total. The van der Waals surface area contributed by atoms with Crippen molar-refractivity contribution in [1.29, 1.82) is 0 Å². The van der Waals surface area contributed by atoms with E-state index in [0.717, 1.165) is 50.3 Å². The van der Waals surface area contributed by atoms with E-state index in [1.807, 2.05) is 13.8 Å². The van der Waals surface area contributed by atoms with Crippen molar-refractivity contribution >= 4 is 29.4 Å². The van der Waals surface area contributed by atoms with Crippen LogP contribution in [0.3, 0.4) is 0 Å². The summed E-state index contributed by atoms with van der Waals surface area (Å²) in [6, 6.07) is -0.688. The number of thioether (sulfide) groups is 1. The number of carbonyl (C=O) groups excluding carboxylic acids is 3. The minimum Gasteiger partial charge on any atom is -0.408 e. The second-order valence-corrected chi connectivity index (χ2v) is 9.12. The molecule has 0 spiro atoms. The van der Waals surface area contributed by atoms with Gasteiger partial charge in [0.1, 0.15) is 0 Å². The van der Waals surface area contributed by atoms with Crippen molar-refractivity contribution in [2.75, 3.05) is 19.8 Å². The van der Waals surface area contributed by atoms with Crippen LogP contribution in [0.15, 0.2) is 9.64 Å². The molecule has 1 aromatic heterocycles. The molecule has 1 fully saturated rings. The summed E-state index contributed by atoms with van der Waals surface area (Å²) in [6.45, 7) is 4.00. The summed E-state index contributed by atoms with van der Waals surface area (Å²) in [5.74, 6) is -0.323. The Bertz CT molecular complexity index is 696. The van der Waals surface area contributed by atoms with E-state index in [0.29, 0.717) is 6.42 Å². The van der Waals surface area contributed by atoms with Gasteiger partial charge in [-0.2, -0.15) is 0 Å². The van der Waals surface area contributed by atoms with Crippen molar-refractivity contribution in [3.63, 3.8) is 0 Å². The van der Waals surface area contributed by atoms with Gasteiger partial charge < -0.3 is 14.6 Å². The molecule has 0 aromatic carbocycles. The number of carbonyl (C=O) groups is 3. The van der Waals surface area contributed by atoms with Crippen LogP contribution in [0.5, 0.6) is 0 Å².